The quantitative estimate of drug-likeness (QED) is 0.736. The minimum atomic E-state index is 0.612. The molecular weight excluding hydrogens is 240 g/mol. The Kier molecular flexibility index (Phi) is 2.59. The van der Waals surface area contributed by atoms with Crippen molar-refractivity contribution in [3.05, 3.63) is 36.0 Å². The number of fused-ring (bicyclic) bond motifs is 1. The summed E-state index contributed by atoms with van der Waals surface area (Å²) in [4.78, 5) is 4.19. The number of hydrogen-bond acceptors (Lipinski definition) is 4. The highest BCUT2D eigenvalue weighted by atomic mass is 16.5. The predicted molar refractivity (Wildman–Crippen MR) is 75.0 cm³/mol. The summed E-state index contributed by atoms with van der Waals surface area (Å²) in [7, 11) is 1.66. The zero-order valence-corrected chi connectivity index (χ0v) is 10.8. The van der Waals surface area contributed by atoms with Crippen LogP contribution in [0.15, 0.2) is 30.5 Å². The number of aromatic nitrogens is 3. The Bertz CT molecular complexity index is 748. The van der Waals surface area contributed by atoms with E-state index in [1.165, 1.54) is 0 Å². The number of rotatable bonds is 2. The van der Waals surface area contributed by atoms with E-state index in [-0.39, 0.29) is 0 Å². The van der Waals surface area contributed by atoms with Crippen molar-refractivity contribution in [3.8, 4) is 17.0 Å². The number of hydrogen-bond donors (Lipinski definition) is 2. The van der Waals surface area contributed by atoms with Crippen molar-refractivity contribution < 1.29 is 4.74 Å². The van der Waals surface area contributed by atoms with Gasteiger partial charge in [-0.15, -0.1) is 0 Å². The SMILES string of the molecule is COc1cc(C)ccc1-c1[nH]nc2ncc(N)cc12. The van der Waals surface area contributed by atoms with E-state index < -0.39 is 0 Å². The third kappa shape index (κ3) is 1.89. The first kappa shape index (κ1) is 11.5. The van der Waals surface area contributed by atoms with Gasteiger partial charge in [-0.25, -0.2) is 4.98 Å². The van der Waals surface area contributed by atoms with Gasteiger partial charge in [-0.05, 0) is 30.7 Å². The molecule has 0 fully saturated rings. The lowest BCUT2D eigenvalue weighted by molar-refractivity contribution is 0.416. The van der Waals surface area contributed by atoms with Gasteiger partial charge in [0.05, 0.1) is 24.7 Å². The molecular formula is C14H14N4O. The molecule has 19 heavy (non-hydrogen) atoms. The minimum Gasteiger partial charge on any atom is -0.496 e. The Labute approximate surface area is 110 Å². The first-order chi connectivity index (χ1) is 9.19. The van der Waals surface area contributed by atoms with Crippen LogP contribution in [0.1, 0.15) is 5.56 Å². The normalized spacial score (nSPS) is 10.8. The van der Waals surface area contributed by atoms with Crippen molar-refractivity contribution in [1.29, 1.82) is 0 Å². The van der Waals surface area contributed by atoms with Crippen LogP contribution in [-0.2, 0) is 0 Å². The van der Waals surface area contributed by atoms with E-state index in [2.05, 4.69) is 15.2 Å². The fraction of sp³-hybridized carbons (Fsp3) is 0.143. The number of anilines is 1. The molecule has 0 atom stereocenters. The first-order valence-corrected chi connectivity index (χ1v) is 5.93. The van der Waals surface area contributed by atoms with Gasteiger partial charge in [0, 0.05) is 10.9 Å². The average Bonchev–Trinajstić information content (AvgIpc) is 2.81. The van der Waals surface area contributed by atoms with Gasteiger partial charge in [0.1, 0.15) is 5.75 Å². The summed E-state index contributed by atoms with van der Waals surface area (Å²) in [6.07, 6.45) is 1.60. The molecule has 0 aliphatic rings. The van der Waals surface area contributed by atoms with Gasteiger partial charge in [0.15, 0.2) is 5.65 Å². The summed E-state index contributed by atoms with van der Waals surface area (Å²) in [6, 6.07) is 7.89. The fourth-order valence-corrected chi connectivity index (χ4v) is 2.13. The van der Waals surface area contributed by atoms with Crippen LogP contribution in [0, 0.1) is 6.92 Å². The molecule has 5 nitrogen and oxygen atoms in total. The third-order valence-electron chi connectivity index (χ3n) is 3.06. The highest BCUT2D eigenvalue weighted by Gasteiger charge is 2.13. The number of nitrogens with zero attached hydrogens (tertiary/aromatic N) is 2. The second kappa shape index (κ2) is 4.28. The van der Waals surface area contributed by atoms with Crippen molar-refractivity contribution in [2.75, 3.05) is 12.8 Å². The van der Waals surface area contributed by atoms with Crippen LogP contribution in [0.2, 0.25) is 0 Å². The van der Waals surface area contributed by atoms with Crippen LogP contribution < -0.4 is 10.5 Å². The van der Waals surface area contributed by atoms with Crippen LogP contribution in [-0.4, -0.2) is 22.3 Å². The second-order valence-corrected chi connectivity index (χ2v) is 4.44. The number of benzene rings is 1. The zero-order valence-electron chi connectivity index (χ0n) is 10.8. The molecule has 0 spiro atoms. The van der Waals surface area contributed by atoms with Gasteiger partial charge in [0.2, 0.25) is 0 Å². The number of ether oxygens (including phenoxy) is 1. The number of nitrogen functional groups attached to an aromatic ring is 1. The smallest absolute Gasteiger partial charge is 0.181 e. The third-order valence-corrected chi connectivity index (χ3v) is 3.06. The minimum absolute atomic E-state index is 0.612. The van der Waals surface area contributed by atoms with Gasteiger partial charge in [-0.2, -0.15) is 5.10 Å². The molecule has 3 rings (SSSR count). The van der Waals surface area contributed by atoms with Gasteiger partial charge in [-0.1, -0.05) is 6.07 Å². The lowest BCUT2D eigenvalue weighted by atomic mass is 10.1. The summed E-state index contributed by atoms with van der Waals surface area (Å²) in [6.45, 7) is 2.02. The first-order valence-electron chi connectivity index (χ1n) is 5.93. The van der Waals surface area contributed by atoms with Crippen molar-refractivity contribution in [2.24, 2.45) is 0 Å². The van der Waals surface area contributed by atoms with Crippen LogP contribution in [0.25, 0.3) is 22.3 Å². The van der Waals surface area contributed by atoms with E-state index in [9.17, 15) is 0 Å². The van der Waals surface area contributed by atoms with Gasteiger partial charge >= 0.3 is 0 Å². The Morgan fingerprint density at radius 3 is 2.89 bits per heavy atom. The summed E-state index contributed by atoms with van der Waals surface area (Å²) in [5.41, 5.74) is 10.0. The standard InChI is InChI=1S/C14H14N4O/c1-8-3-4-10(12(5-8)19-2)13-11-6-9(15)7-16-14(11)18-17-13/h3-7H,15H2,1-2H3,(H,16,17,18). The molecule has 0 aliphatic heterocycles. The maximum absolute atomic E-state index is 5.79. The maximum atomic E-state index is 5.79. The lowest BCUT2D eigenvalue weighted by Crippen LogP contribution is -1.90. The maximum Gasteiger partial charge on any atom is 0.181 e. The Morgan fingerprint density at radius 1 is 1.26 bits per heavy atom. The highest BCUT2D eigenvalue weighted by Crippen LogP contribution is 2.33. The molecule has 2 aromatic heterocycles. The number of nitrogens with two attached hydrogens (primary N) is 1. The van der Waals surface area contributed by atoms with Crippen molar-refractivity contribution in [2.45, 2.75) is 6.92 Å². The van der Waals surface area contributed by atoms with Crippen molar-refractivity contribution in [3.63, 3.8) is 0 Å². The molecule has 0 amide bonds. The monoisotopic (exact) mass is 254 g/mol. The van der Waals surface area contributed by atoms with Gasteiger partial charge in [-0.3, -0.25) is 5.10 Å². The Hall–Kier alpha value is -2.56. The molecule has 0 aliphatic carbocycles. The van der Waals surface area contributed by atoms with E-state index in [0.29, 0.717) is 11.3 Å². The summed E-state index contributed by atoms with van der Waals surface area (Å²) in [5, 5.41) is 8.08. The molecule has 0 saturated heterocycles. The number of aromatic amines is 1. The van der Waals surface area contributed by atoms with E-state index in [0.717, 1.165) is 28.0 Å². The molecule has 96 valence electrons. The molecule has 0 saturated carbocycles. The average molecular weight is 254 g/mol. The predicted octanol–water partition coefficient (Wildman–Crippen LogP) is 2.52. The molecule has 2 heterocycles. The van der Waals surface area contributed by atoms with Crippen LogP contribution in [0.3, 0.4) is 0 Å². The number of methoxy groups -OCH3 is 1. The van der Waals surface area contributed by atoms with Crippen molar-refractivity contribution >= 4 is 16.7 Å². The molecule has 3 N–H and O–H groups in total. The zero-order chi connectivity index (χ0) is 13.4. The van der Waals surface area contributed by atoms with Crippen molar-refractivity contribution in [1.82, 2.24) is 15.2 Å². The molecule has 5 heteroatoms. The Morgan fingerprint density at radius 2 is 2.11 bits per heavy atom. The number of nitrogens with one attached hydrogen (secondary N) is 1. The van der Waals surface area contributed by atoms with Gasteiger partial charge in [0.25, 0.3) is 0 Å². The molecule has 0 radical (unpaired) electrons. The van der Waals surface area contributed by atoms with Crippen LogP contribution in [0.5, 0.6) is 5.75 Å². The van der Waals surface area contributed by atoms with Crippen LogP contribution in [0.4, 0.5) is 5.69 Å². The van der Waals surface area contributed by atoms with E-state index >= 15 is 0 Å². The molecule has 0 bridgehead atoms. The van der Waals surface area contributed by atoms with E-state index in [1.807, 2.05) is 31.2 Å². The lowest BCUT2D eigenvalue weighted by Gasteiger charge is -2.08. The summed E-state index contributed by atoms with van der Waals surface area (Å²) >= 11 is 0. The van der Waals surface area contributed by atoms with Gasteiger partial charge < -0.3 is 10.5 Å². The second-order valence-electron chi connectivity index (χ2n) is 4.44. The Balaban J connectivity index is 2.27. The van der Waals surface area contributed by atoms with E-state index in [1.54, 1.807) is 13.3 Å². The van der Waals surface area contributed by atoms with E-state index in [4.69, 9.17) is 10.5 Å². The summed E-state index contributed by atoms with van der Waals surface area (Å²) in [5.74, 6) is 0.799. The highest BCUT2D eigenvalue weighted by molar-refractivity contribution is 5.93. The molecule has 0 unspecified atom stereocenters. The summed E-state index contributed by atoms with van der Waals surface area (Å²) < 4.78 is 5.43. The van der Waals surface area contributed by atoms with Crippen LogP contribution >= 0.6 is 0 Å². The molecule has 3 aromatic rings. The number of H-pyrrole nitrogens is 1. The topological polar surface area (TPSA) is 76.8 Å². The molecule has 1 aromatic carbocycles. The number of aryl methyl sites for hydroxylation is 1. The fourth-order valence-electron chi connectivity index (χ4n) is 2.13. The number of pyridine rings is 1. The largest absolute Gasteiger partial charge is 0.496 e.